The maximum absolute atomic E-state index is 13.0. The summed E-state index contributed by atoms with van der Waals surface area (Å²) in [5.74, 6) is 0.280. The quantitative estimate of drug-likeness (QED) is 0.296. The van der Waals surface area contributed by atoms with Crippen molar-refractivity contribution in [1.82, 2.24) is 14.6 Å². The van der Waals surface area contributed by atoms with Crippen molar-refractivity contribution in [3.63, 3.8) is 0 Å². The number of sulfonamides is 1. The van der Waals surface area contributed by atoms with Crippen LogP contribution in [0, 0.1) is 0 Å². The molecular formula is C25H26ClN7O4S2. The number of thiophene rings is 1. The summed E-state index contributed by atoms with van der Waals surface area (Å²) < 4.78 is 26.7. The molecule has 0 radical (unpaired) electrons. The van der Waals surface area contributed by atoms with Crippen LogP contribution < -0.4 is 25.6 Å². The van der Waals surface area contributed by atoms with E-state index >= 15 is 0 Å². The lowest BCUT2D eigenvalue weighted by Crippen LogP contribution is -2.38. The number of carbonyl (C=O) groups excluding carboxylic acids is 2. The molecule has 0 unspecified atom stereocenters. The van der Waals surface area contributed by atoms with Crippen molar-refractivity contribution in [2.75, 3.05) is 47.0 Å². The molecule has 0 bridgehead atoms. The molecule has 1 saturated heterocycles. The van der Waals surface area contributed by atoms with Crippen LogP contribution in [0.25, 0.3) is 5.70 Å². The summed E-state index contributed by atoms with van der Waals surface area (Å²) in [5.41, 5.74) is 2.98. The highest BCUT2D eigenvalue weighted by molar-refractivity contribution is 7.92. The smallest absolute Gasteiger partial charge is 0.333 e. The Labute approximate surface area is 234 Å². The Balaban J connectivity index is 1.21. The van der Waals surface area contributed by atoms with Gasteiger partial charge >= 0.3 is 12.1 Å². The maximum atomic E-state index is 13.0. The van der Waals surface area contributed by atoms with Crippen LogP contribution in [0.1, 0.15) is 18.4 Å². The first-order valence-electron chi connectivity index (χ1n) is 12.2. The lowest BCUT2D eigenvalue weighted by Gasteiger charge is -2.31. The molecule has 2 aliphatic heterocycles. The molecule has 0 atom stereocenters. The molecule has 0 spiro atoms. The van der Waals surface area contributed by atoms with Gasteiger partial charge in [-0.2, -0.15) is 0 Å². The maximum Gasteiger partial charge on any atom is 0.333 e. The summed E-state index contributed by atoms with van der Waals surface area (Å²) in [6, 6.07) is 10.1. The standard InChI is InChI=1S/C25H26ClN7O4S2/c1-16-19-6-4-17(27-10-13-32-11-2-3-12-32)14-20(19)30-25(35)33(16)22-8-5-18(15-28-22)29-24(34)31-39(36,37)23-9-7-21(26)38-23/h4-9,14-15,27H,1-3,10-13H2,(H,30,35)(H2,29,31,34). The number of anilines is 4. The van der Waals surface area contributed by atoms with Gasteiger partial charge in [-0.25, -0.2) is 32.6 Å². The second-order valence-corrected chi connectivity index (χ2v) is 12.6. The highest BCUT2D eigenvalue weighted by Gasteiger charge is 2.29. The number of amides is 4. The van der Waals surface area contributed by atoms with Crippen molar-refractivity contribution in [2.24, 2.45) is 0 Å². The van der Waals surface area contributed by atoms with Gasteiger partial charge in [0.1, 0.15) is 10.0 Å². The van der Waals surface area contributed by atoms with Crippen LogP contribution in [0.4, 0.5) is 32.5 Å². The Hall–Kier alpha value is -3.65. The first-order chi connectivity index (χ1) is 18.7. The second-order valence-electron chi connectivity index (χ2n) is 8.97. The van der Waals surface area contributed by atoms with E-state index in [-0.39, 0.29) is 20.1 Å². The van der Waals surface area contributed by atoms with Crippen molar-refractivity contribution < 1.29 is 18.0 Å². The predicted octanol–water partition coefficient (Wildman–Crippen LogP) is 4.84. The van der Waals surface area contributed by atoms with E-state index in [4.69, 9.17) is 11.6 Å². The zero-order chi connectivity index (χ0) is 27.6. The largest absolute Gasteiger partial charge is 0.384 e. The zero-order valence-corrected chi connectivity index (χ0v) is 23.1. The highest BCUT2D eigenvalue weighted by atomic mass is 35.5. The molecule has 4 amide bonds. The molecule has 2 aliphatic rings. The van der Waals surface area contributed by atoms with Crippen LogP contribution in [0.2, 0.25) is 4.34 Å². The summed E-state index contributed by atoms with van der Waals surface area (Å²) >= 11 is 6.61. The van der Waals surface area contributed by atoms with E-state index in [2.05, 4.69) is 32.4 Å². The zero-order valence-electron chi connectivity index (χ0n) is 20.7. The van der Waals surface area contributed by atoms with Crippen LogP contribution in [0.15, 0.2) is 59.4 Å². The summed E-state index contributed by atoms with van der Waals surface area (Å²) in [6.45, 7) is 8.17. The molecule has 14 heteroatoms. The van der Waals surface area contributed by atoms with Gasteiger partial charge in [-0.1, -0.05) is 18.2 Å². The van der Waals surface area contributed by atoms with Gasteiger partial charge < -0.3 is 20.9 Å². The predicted molar refractivity (Wildman–Crippen MR) is 154 cm³/mol. The minimum atomic E-state index is -4.07. The van der Waals surface area contributed by atoms with Gasteiger partial charge in [-0.15, -0.1) is 11.3 Å². The van der Waals surface area contributed by atoms with Crippen molar-refractivity contribution >= 4 is 73.6 Å². The van der Waals surface area contributed by atoms with Crippen LogP contribution in [-0.2, 0) is 10.0 Å². The van der Waals surface area contributed by atoms with Gasteiger partial charge in [-0.3, -0.25) is 0 Å². The number of benzene rings is 1. The lowest BCUT2D eigenvalue weighted by atomic mass is 10.1. The van der Waals surface area contributed by atoms with Gasteiger partial charge in [0, 0.05) is 24.3 Å². The van der Waals surface area contributed by atoms with Gasteiger partial charge in [0.25, 0.3) is 10.0 Å². The number of urea groups is 2. The number of nitrogens with one attached hydrogen (secondary N) is 4. The highest BCUT2D eigenvalue weighted by Crippen LogP contribution is 2.35. The minimum Gasteiger partial charge on any atom is -0.384 e. The molecule has 39 heavy (non-hydrogen) atoms. The molecule has 0 aliphatic carbocycles. The van der Waals surface area contributed by atoms with Gasteiger partial charge in [0.15, 0.2) is 0 Å². The van der Waals surface area contributed by atoms with E-state index in [1.807, 2.05) is 22.9 Å². The van der Waals surface area contributed by atoms with Crippen molar-refractivity contribution in [2.45, 2.75) is 17.1 Å². The van der Waals surface area contributed by atoms with E-state index in [9.17, 15) is 18.0 Å². The average Bonchev–Trinajstić information content (AvgIpc) is 3.57. The fraction of sp³-hybridized carbons (Fsp3) is 0.240. The normalized spacial score (nSPS) is 15.6. The molecule has 1 aromatic carbocycles. The van der Waals surface area contributed by atoms with Crippen molar-refractivity contribution in [3.05, 3.63) is 65.1 Å². The van der Waals surface area contributed by atoms with Gasteiger partial charge in [-0.05, 0) is 68.4 Å². The summed E-state index contributed by atoms with van der Waals surface area (Å²) in [4.78, 5) is 33.2. The first kappa shape index (κ1) is 26.9. The van der Waals surface area contributed by atoms with E-state index in [0.717, 1.165) is 48.8 Å². The number of hydrogen-bond acceptors (Lipinski definition) is 8. The van der Waals surface area contributed by atoms with E-state index < -0.39 is 22.1 Å². The van der Waals surface area contributed by atoms with Gasteiger partial charge in [0.2, 0.25) is 0 Å². The Morgan fingerprint density at radius 1 is 1.13 bits per heavy atom. The number of fused-ring (bicyclic) bond motifs is 1. The molecule has 4 heterocycles. The van der Waals surface area contributed by atoms with Crippen molar-refractivity contribution in [3.8, 4) is 0 Å². The third kappa shape index (κ3) is 6.17. The third-order valence-electron chi connectivity index (χ3n) is 6.28. The molecule has 5 rings (SSSR count). The Bertz CT molecular complexity index is 1520. The molecule has 4 N–H and O–H groups in total. The molecule has 2 aromatic heterocycles. The SMILES string of the molecule is C=C1c2ccc(NCCN3CCCC3)cc2NC(=O)N1c1ccc(NC(=O)NS(=O)(=O)c2ccc(Cl)s2)cn1. The molecular weight excluding hydrogens is 562 g/mol. The molecule has 0 saturated carbocycles. The number of halogens is 1. The summed E-state index contributed by atoms with van der Waals surface area (Å²) in [6.07, 6.45) is 3.82. The second kappa shape index (κ2) is 11.2. The number of pyridine rings is 1. The molecule has 3 aromatic rings. The number of hydrogen-bond donors (Lipinski definition) is 4. The fourth-order valence-corrected chi connectivity index (χ4v) is 6.78. The third-order valence-corrected chi connectivity index (χ3v) is 9.33. The number of nitrogens with zero attached hydrogens (tertiary/aromatic N) is 3. The fourth-order valence-electron chi connectivity index (χ4n) is 4.39. The van der Waals surface area contributed by atoms with E-state index in [1.165, 1.54) is 48.2 Å². The van der Waals surface area contributed by atoms with Crippen LogP contribution in [-0.4, -0.2) is 56.5 Å². The minimum absolute atomic E-state index is 0.0870. The number of rotatable bonds is 8. The van der Waals surface area contributed by atoms with Gasteiger partial charge in [0.05, 0.1) is 27.6 Å². The Morgan fingerprint density at radius 2 is 1.90 bits per heavy atom. The molecule has 11 nitrogen and oxygen atoms in total. The van der Waals surface area contributed by atoms with Crippen molar-refractivity contribution in [1.29, 1.82) is 0 Å². The first-order valence-corrected chi connectivity index (χ1v) is 14.8. The number of aromatic nitrogens is 1. The molecule has 204 valence electrons. The topological polar surface area (TPSA) is 136 Å². The van der Waals surface area contributed by atoms with E-state index in [0.29, 0.717) is 11.4 Å². The molecule has 1 fully saturated rings. The summed E-state index contributed by atoms with van der Waals surface area (Å²) in [5, 5.41) is 8.70. The van der Waals surface area contributed by atoms with Crippen LogP contribution in [0.3, 0.4) is 0 Å². The Kier molecular flexibility index (Phi) is 7.75. The lowest BCUT2D eigenvalue weighted by molar-refractivity contribution is 0.256. The summed E-state index contributed by atoms with van der Waals surface area (Å²) in [7, 11) is -4.07. The monoisotopic (exact) mass is 587 g/mol. The number of carbonyl (C=O) groups is 2. The van der Waals surface area contributed by atoms with Crippen LogP contribution >= 0.6 is 22.9 Å². The van der Waals surface area contributed by atoms with E-state index in [1.54, 1.807) is 0 Å². The van der Waals surface area contributed by atoms with Crippen LogP contribution in [0.5, 0.6) is 0 Å². The number of likely N-dealkylation sites (tertiary alicyclic amines) is 1. The Morgan fingerprint density at radius 3 is 2.59 bits per heavy atom. The average molecular weight is 588 g/mol.